The molecular weight excluding hydrogens is 299 g/mol. The fraction of sp³-hybridized carbons (Fsp3) is 0.333. The number of halogens is 2. The molecule has 1 aromatic rings. The van der Waals surface area contributed by atoms with Crippen LogP contribution in [-0.4, -0.2) is 11.4 Å². The molecule has 0 radical (unpaired) electrons. The Labute approximate surface area is 137 Å². The Hall–Kier alpha value is -1.74. The summed E-state index contributed by atoms with van der Waals surface area (Å²) in [5, 5.41) is 0.153. The molecule has 118 valence electrons. The maximum absolute atomic E-state index is 14.1. The van der Waals surface area contributed by atoms with Gasteiger partial charge in [0.05, 0.1) is 16.4 Å². The third-order valence-electron chi connectivity index (χ3n) is 3.36. The van der Waals surface area contributed by atoms with Gasteiger partial charge in [-0.3, -0.25) is 9.98 Å². The molecule has 2 nitrogen and oxygen atoms in total. The average molecular weight is 321 g/mol. The highest BCUT2D eigenvalue weighted by Gasteiger charge is 2.11. The second-order valence-electron chi connectivity index (χ2n) is 4.98. The van der Waals surface area contributed by atoms with Gasteiger partial charge in [0.2, 0.25) is 0 Å². The van der Waals surface area contributed by atoms with Crippen LogP contribution in [0.5, 0.6) is 0 Å². The third-order valence-corrected chi connectivity index (χ3v) is 3.73. The van der Waals surface area contributed by atoms with E-state index >= 15 is 0 Å². The monoisotopic (exact) mass is 320 g/mol. The van der Waals surface area contributed by atoms with Crippen molar-refractivity contribution in [2.75, 3.05) is 0 Å². The predicted octanol–water partition coefficient (Wildman–Crippen LogP) is 5.86. The van der Waals surface area contributed by atoms with Gasteiger partial charge in [-0.25, -0.2) is 4.39 Å². The van der Waals surface area contributed by atoms with Crippen molar-refractivity contribution in [1.82, 2.24) is 0 Å². The number of aryl methyl sites for hydroxylation is 1. The Bertz CT molecular complexity index is 655. The van der Waals surface area contributed by atoms with E-state index in [1.54, 1.807) is 18.5 Å². The number of nitrogens with zero attached hydrogens (tertiary/aromatic N) is 2. The van der Waals surface area contributed by atoms with E-state index in [0.29, 0.717) is 17.5 Å². The summed E-state index contributed by atoms with van der Waals surface area (Å²) in [6, 6.07) is 3.60. The average Bonchev–Trinajstić information content (AvgIpc) is 2.52. The lowest BCUT2D eigenvalue weighted by Crippen LogP contribution is -2.04. The fourth-order valence-electron chi connectivity index (χ4n) is 1.80. The number of aliphatic imine (C=N–C) groups is 2. The van der Waals surface area contributed by atoms with Gasteiger partial charge in [0.1, 0.15) is 5.82 Å². The van der Waals surface area contributed by atoms with Crippen LogP contribution in [0.1, 0.15) is 45.7 Å². The van der Waals surface area contributed by atoms with Crippen LogP contribution in [0, 0.1) is 5.82 Å². The lowest BCUT2D eigenvalue weighted by atomic mass is 10.0. The maximum Gasteiger partial charge on any atom is 0.145 e. The highest BCUT2D eigenvalue weighted by atomic mass is 35.5. The number of benzene rings is 1. The van der Waals surface area contributed by atoms with Crippen LogP contribution < -0.4 is 0 Å². The minimum atomic E-state index is -0.346. The summed E-state index contributed by atoms with van der Waals surface area (Å²) >= 11 is 6.12. The first kappa shape index (κ1) is 18.3. The lowest BCUT2D eigenvalue weighted by Gasteiger charge is -2.08. The van der Waals surface area contributed by atoms with Crippen molar-refractivity contribution in [3.05, 3.63) is 52.6 Å². The molecule has 0 bridgehead atoms. The lowest BCUT2D eigenvalue weighted by molar-refractivity contribution is 0.612. The highest BCUT2D eigenvalue weighted by Crippen LogP contribution is 2.28. The molecule has 0 aliphatic rings. The zero-order valence-electron chi connectivity index (χ0n) is 13.7. The molecular formula is C18H22ClFN2. The van der Waals surface area contributed by atoms with E-state index in [9.17, 15) is 4.39 Å². The molecule has 1 rings (SSSR count). The summed E-state index contributed by atoms with van der Waals surface area (Å²) in [7, 11) is 0. The minimum Gasteiger partial charge on any atom is -0.260 e. The molecule has 0 amide bonds. The fourth-order valence-corrected chi connectivity index (χ4v) is 2.14. The van der Waals surface area contributed by atoms with Crippen LogP contribution in [0.3, 0.4) is 0 Å². The Balaban J connectivity index is 3.11. The van der Waals surface area contributed by atoms with Gasteiger partial charge in [-0.05, 0) is 45.3 Å². The molecule has 0 heterocycles. The third kappa shape index (κ3) is 4.63. The van der Waals surface area contributed by atoms with Crippen LogP contribution in [0.4, 0.5) is 4.39 Å². The van der Waals surface area contributed by atoms with Gasteiger partial charge < -0.3 is 0 Å². The van der Waals surface area contributed by atoms with Gasteiger partial charge in [0.25, 0.3) is 0 Å². The van der Waals surface area contributed by atoms with E-state index < -0.39 is 0 Å². The van der Waals surface area contributed by atoms with Crippen molar-refractivity contribution >= 4 is 28.6 Å². The zero-order valence-corrected chi connectivity index (χ0v) is 14.5. The van der Waals surface area contributed by atoms with Gasteiger partial charge in [0, 0.05) is 18.0 Å². The normalized spacial score (nSPS) is 14.0. The van der Waals surface area contributed by atoms with Crippen LogP contribution in [0.15, 0.2) is 40.6 Å². The van der Waals surface area contributed by atoms with Gasteiger partial charge in [0.15, 0.2) is 0 Å². The van der Waals surface area contributed by atoms with Crippen LogP contribution in [-0.2, 0) is 6.42 Å². The largest absolute Gasteiger partial charge is 0.260 e. The van der Waals surface area contributed by atoms with E-state index in [1.165, 1.54) is 0 Å². The van der Waals surface area contributed by atoms with Gasteiger partial charge in [-0.1, -0.05) is 36.7 Å². The molecule has 0 atom stereocenters. The van der Waals surface area contributed by atoms with Crippen molar-refractivity contribution < 1.29 is 4.39 Å². The first-order chi connectivity index (χ1) is 10.4. The predicted molar refractivity (Wildman–Crippen MR) is 95.5 cm³/mol. The van der Waals surface area contributed by atoms with Crippen LogP contribution >= 0.6 is 11.6 Å². The summed E-state index contributed by atoms with van der Waals surface area (Å²) in [6.07, 6.45) is 5.89. The summed E-state index contributed by atoms with van der Waals surface area (Å²) in [6.45, 7) is 9.45. The summed E-state index contributed by atoms with van der Waals surface area (Å²) in [5.74, 6) is -0.346. The first-order valence-electron chi connectivity index (χ1n) is 7.26. The van der Waals surface area contributed by atoms with E-state index in [0.717, 1.165) is 17.0 Å². The molecule has 0 saturated carbocycles. The molecule has 0 aliphatic carbocycles. The van der Waals surface area contributed by atoms with Crippen molar-refractivity contribution in [2.24, 2.45) is 9.98 Å². The van der Waals surface area contributed by atoms with Crippen molar-refractivity contribution in [1.29, 1.82) is 0 Å². The summed E-state index contributed by atoms with van der Waals surface area (Å²) in [5.41, 5.74) is 3.73. The van der Waals surface area contributed by atoms with E-state index in [2.05, 4.69) is 9.98 Å². The topological polar surface area (TPSA) is 24.7 Å². The van der Waals surface area contributed by atoms with E-state index in [-0.39, 0.29) is 10.8 Å². The Kier molecular flexibility index (Phi) is 7.19. The van der Waals surface area contributed by atoms with Gasteiger partial charge >= 0.3 is 0 Å². The quantitative estimate of drug-likeness (QED) is 0.607. The van der Waals surface area contributed by atoms with E-state index in [1.807, 2.05) is 46.8 Å². The van der Waals surface area contributed by atoms with Crippen molar-refractivity contribution in [3.8, 4) is 0 Å². The molecule has 0 aliphatic heterocycles. The Morgan fingerprint density at radius 3 is 2.41 bits per heavy atom. The molecule has 0 aromatic heterocycles. The summed E-state index contributed by atoms with van der Waals surface area (Å²) < 4.78 is 14.1. The maximum atomic E-state index is 14.1. The molecule has 0 saturated heterocycles. The van der Waals surface area contributed by atoms with Crippen LogP contribution in [0.25, 0.3) is 5.57 Å². The molecule has 0 N–H and O–H groups in total. The summed E-state index contributed by atoms with van der Waals surface area (Å²) in [4.78, 5) is 8.61. The SMILES string of the molecule is C/C=C\N=C(C)C(C)=N/C=C(\C)c1ccc(CC)c(F)c1Cl. The number of allylic oxidation sites excluding steroid dienone is 2. The van der Waals surface area contributed by atoms with Gasteiger partial charge in [-0.2, -0.15) is 0 Å². The molecule has 4 heteroatoms. The standard InChI is InChI=1S/C18H22ClFN2/c1-6-10-21-13(4)14(5)22-11-12(3)16-9-8-15(7-2)18(20)17(16)19/h6,8-11H,7H2,1-5H3/b10-6-,12-11+,21-13?,22-14?. The zero-order chi connectivity index (χ0) is 16.7. The Morgan fingerprint density at radius 1 is 1.18 bits per heavy atom. The second kappa shape index (κ2) is 8.64. The number of rotatable bonds is 5. The van der Waals surface area contributed by atoms with Gasteiger partial charge in [-0.15, -0.1) is 0 Å². The minimum absolute atomic E-state index is 0.153. The Morgan fingerprint density at radius 2 is 1.82 bits per heavy atom. The highest BCUT2D eigenvalue weighted by molar-refractivity contribution is 6.40. The van der Waals surface area contributed by atoms with E-state index in [4.69, 9.17) is 11.6 Å². The first-order valence-corrected chi connectivity index (χ1v) is 7.64. The molecule has 22 heavy (non-hydrogen) atoms. The molecule has 0 spiro atoms. The smallest absolute Gasteiger partial charge is 0.145 e. The van der Waals surface area contributed by atoms with Crippen LogP contribution in [0.2, 0.25) is 5.02 Å². The number of hydrogen-bond donors (Lipinski definition) is 0. The number of hydrogen-bond acceptors (Lipinski definition) is 2. The molecule has 0 fully saturated rings. The molecule has 0 unspecified atom stereocenters. The second-order valence-corrected chi connectivity index (χ2v) is 5.36. The van der Waals surface area contributed by atoms with Crippen molar-refractivity contribution in [2.45, 2.75) is 41.0 Å². The van der Waals surface area contributed by atoms with Crippen molar-refractivity contribution in [3.63, 3.8) is 0 Å². The molecule has 1 aromatic carbocycles.